The van der Waals surface area contributed by atoms with Crippen molar-refractivity contribution in [1.29, 1.82) is 0 Å². The Morgan fingerprint density at radius 3 is 2.43 bits per heavy atom. The fourth-order valence-corrected chi connectivity index (χ4v) is 4.32. The van der Waals surface area contributed by atoms with Gasteiger partial charge in [0.15, 0.2) is 0 Å². The fraction of sp³-hybridized carbons (Fsp3) is 0.0909. The summed E-state index contributed by atoms with van der Waals surface area (Å²) in [5.74, 6) is -0.703. The average molecular weight is 423 g/mol. The van der Waals surface area contributed by atoms with Crippen LogP contribution in [0.4, 0.5) is 0 Å². The van der Waals surface area contributed by atoms with Gasteiger partial charge in [-0.2, -0.15) is 4.31 Å². The molecule has 0 aliphatic carbocycles. The van der Waals surface area contributed by atoms with Gasteiger partial charge in [-0.25, -0.2) is 13.9 Å². The minimum absolute atomic E-state index is 0.105. The highest BCUT2D eigenvalue weighted by Crippen LogP contribution is 2.22. The van der Waals surface area contributed by atoms with Crippen molar-refractivity contribution in [3.8, 4) is 0 Å². The third-order valence-electron chi connectivity index (χ3n) is 4.32. The Morgan fingerprint density at radius 1 is 1.00 bits per heavy atom. The monoisotopic (exact) mass is 423 g/mol. The Kier molecular flexibility index (Phi) is 7.08. The zero-order valence-corrected chi connectivity index (χ0v) is 16.9. The molecule has 154 valence electrons. The Balaban J connectivity index is 1.94. The van der Waals surface area contributed by atoms with Crippen LogP contribution in [0.5, 0.6) is 0 Å². The molecule has 0 aliphatic heterocycles. The molecule has 1 heterocycles. The summed E-state index contributed by atoms with van der Waals surface area (Å²) in [6.45, 7) is 0.364. The number of hydrogen-bond acceptors (Lipinski definition) is 5. The van der Waals surface area contributed by atoms with Crippen molar-refractivity contribution in [1.82, 2.24) is 14.8 Å². The second kappa shape index (κ2) is 9.93. The molecule has 1 aromatic heterocycles. The lowest BCUT2D eigenvalue weighted by Crippen LogP contribution is -2.30. The number of nitrogens with zero attached hydrogens (tertiary/aromatic N) is 2. The van der Waals surface area contributed by atoms with Crippen molar-refractivity contribution in [3.05, 3.63) is 102 Å². The summed E-state index contributed by atoms with van der Waals surface area (Å²) in [5.41, 5.74) is 3.64. The van der Waals surface area contributed by atoms with Crippen molar-refractivity contribution in [2.24, 2.45) is 0 Å². The van der Waals surface area contributed by atoms with Crippen LogP contribution >= 0.6 is 0 Å². The molecule has 3 rings (SSSR count). The SMILES string of the molecule is O=C(/C=C/c1cccc(S(=O)(=O)N(Cc2ccccc2)Cc2cccnc2)c1)NO. The standard InChI is InChI=1S/C22H21N3O4S/c26-22(24-27)12-11-18-8-4-10-21(14-18)30(28,29)25(16-19-6-2-1-3-7-19)17-20-9-5-13-23-15-20/h1-15,27H,16-17H2,(H,24,26)/b12-11+. The number of rotatable bonds is 8. The van der Waals surface area contributed by atoms with Crippen molar-refractivity contribution in [3.63, 3.8) is 0 Å². The molecule has 0 aliphatic rings. The van der Waals surface area contributed by atoms with Crippen LogP contribution in [0.15, 0.2) is 90.1 Å². The van der Waals surface area contributed by atoms with Crippen molar-refractivity contribution in [2.45, 2.75) is 18.0 Å². The van der Waals surface area contributed by atoms with E-state index in [4.69, 9.17) is 5.21 Å². The van der Waals surface area contributed by atoms with Gasteiger partial charge in [-0.05, 0) is 41.0 Å². The summed E-state index contributed by atoms with van der Waals surface area (Å²) < 4.78 is 28.3. The van der Waals surface area contributed by atoms with E-state index in [1.165, 1.54) is 28.0 Å². The quantitative estimate of drug-likeness (QED) is 0.330. The lowest BCUT2D eigenvalue weighted by atomic mass is 10.2. The molecule has 1 amide bonds. The van der Waals surface area contributed by atoms with E-state index in [0.29, 0.717) is 5.56 Å². The van der Waals surface area contributed by atoms with Gasteiger partial charge in [0.05, 0.1) is 4.90 Å². The number of hydrogen-bond donors (Lipinski definition) is 2. The van der Waals surface area contributed by atoms with Crippen LogP contribution in [0.2, 0.25) is 0 Å². The van der Waals surface area contributed by atoms with E-state index in [2.05, 4.69) is 4.98 Å². The third kappa shape index (κ3) is 5.60. The number of nitrogens with one attached hydrogen (secondary N) is 1. The van der Waals surface area contributed by atoms with Gasteiger partial charge >= 0.3 is 0 Å². The smallest absolute Gasteiger partial charge is 0.267 e. The van der Waals surface area contributed by atoms with Crippen LogP contribution in [0.3, 0.4) is 0 Å². The first-order valence-corrected chi connectivity index (χ1v) is 10.6. The molecule has 7 nitrogen and oxygen atoms in total. The number of carbonyl (C=O) groups is 1. The molecule has 0 saturated carbocycles. The van der Waals surface area contributed by atoms with Crippen molar-refractivity contribution in [2.75, 3.05) is 0 Å². The normalized spacial score (nSPS) is 11.7. The van der Waals surface area contributed by atoms with E-state index in [1.54, 1.807) is 30.6 Å². The molecular weight excluding hydrogens is 402 g/mol. The maximum absolute atomic E-state index is 13.4. The molecule has 8 heteroatoms. The minimum atomic E-state index is -3.84. The van der Waals surface area contributed by atoms with Gasteiger partial charge in [-0.15, -0.1) is 0 Å². The van der Waals surface area contributed by atoms with Gasteiger partial charge in [0.25, 0.3) is 5.91 Å². The molecule has 0 unspecified atom stereocenters. The van der Waals surface area contributed by atoms with Crippen LogP contribution in [0, 0.1) is 0 Å². The summed E-state index contributed by atoms with van der Waals surface area (Å²) in [7, 11) is -3.84. The van der Waals surface area contributed by atoms with Gasteiger partial charge in [-0.3, -0.25) is 15.0 Å². The summed E-state index contributed by atoms with van der Waals surface area (Å²) in [4.78, 5) is 15.4. The van der Waals surface area contributed by atoms with Crippen LogP contribution in [-0.4, -0.2) is 28.8 Å². The minimum Gasteiger partial charge on any atom is -0.288 e. The Hall–Kier alpha value is -3.33. The van der Waals surface area contributed by atoms with E-state index in [-0.39, 0.29) is 18.0 Å². The molecule has 0 radical (unpaired) electrons. The predicted molar refractivity (Wildman–Crippen MR) is 113 cm³/mol. The first-order chi connectivity index (χ1) is 14.5. The van der Waals surface area contributed by atoms with E-state index >= 15 is 0 Å². The van der Waals surface area contributed by atoms with Crippen LogP contribution < -0.4 is 5.48 Å². The Morgan fingerprint density at radius 2 is 1.73 bits per heavy atom. The second-order valence-corrected chi connectivity index (χ2v) is 8.44. The highest BCUT2D eigenvalue weighted by atomic mass is 32.2. The first-order valence-electron chi connectivity index (χ1n) is 9.14. The van der Waals surface area contributed by atoms with Crippen molar-refractivity contribution < 1.29 is 18.4 Å². The highest BCUT2D eigenvalue weighted by molar-refractivity contribution is 7.89. The maximum atomic E-state index is 13.4. The molecular formula is C22H21N3O4S. The zero-order chi connectivity index (χ0) is 21.4. The number of sulfonamides is 1. The molecule has 0 bridgehead atoms. The lowest BCUT2D eigenvalue weighted by molar-refractivity contribution is -0.124. The second-order valence-electron chi connectivity index (χ2n) is 6.50. The Bertz CT molecular complexity index is 1080. The lowest BCUT2D eigenvalue weighted by Gasteiger charge is -2.22. The van der Waals surface area contributed by atoms with Gasteiger partial charge in [0, 0.05) is 31.6 Å². The van der Waals surface area contributed by atoms with Gasteiger partial charge in [0.2, 0.25) is 10.0 Å². The van der Waals surface area contributed by atoms with Gasteiger partial charge in [0.1, 0.15) is 0 Å². The third-order valence-corrected chi connectivity index (χ3v) is 6.10. The molecule has 0 saturated heterocycles. The number of benzene rings is 2. The fourth-order valence-electron chi connectivity index (χ4n) is 2.85. The molecule has 2 N–H and O–H groups in total. The van der Waals surface area contributed by atoms with Gasteiger partial charge in [-0.1, -0.05) is 48.5 Å². The number of hydroxylamine groups is 1. The topological polar surface area (TPSA) is 99.6 Å². The van der Waals surface area contributed by atoms with E-state index in [1.807, 2.05) is 36.4 Å². The maximum Gasteiger partial charge on any atom is 0.267 e. The van der Waals surface area contributed by atoms with E-state index < -0.39 is 15.9 Å². The van der Waals surface area contributed by atoms with E-state index in [0.717, 1.165) is 17.2 Å². The highest BCUT2D eigenvalue weighted by Gasteiger charge is 2.25. The van der Waals surface area contributed by atoms with Gasteiger partial charge < -0.3 is 0 Å². The number of aromatic nitrogens is 1. The summed E-state index contributed by atoms with van der Waals surface area (Å²) in [5, 5.41) is 8.59. The molecule has 30 heavy (non-hydrogen) atoms. The van der Waals surface area contributed by atoms with Crippen molar-refractivity contribution >= 4 is 22.0 Å². The van der Waals surface area contributed by atoms with Crippen LogP contribution in [0.1, 0.15) is 16.7 Å². The van der Waals surface area contributed by atoms with E-state index in [9.17, 15) is 13.2 Å². The number of carbonyl (C=O) groups excluding carboxylic acids is 1. The van der Waals surface area contributed by atoms with Crippen LogP contribution in [-0.2, 0) is 27.9 Å². The molecule has 0 fully saturated rings. The summed E-state index contributed by atoms with van der Waals surface area (Å²) >= 11 is 0. The molecule has 3 aromatic rings. The largest absolute Gasteiger partial charge is 0.288 e. The molecule has 0 spiro atoms. The average Bonchev–Trinajstić information content (AvgIpc) is 2.78. The first kappa shape index (κ1) is 21.4. The predicted octanol–water partition coefficient (Wildman–Crippen LogP) is 2.99. The summed E-state index contributed by atoms with van der Waals surface area (Å²) in [6, 6.07) is 19.2. The summed E-state index contributed by atoms with van der Waals surface area (Å²) in [6.07, 6.45) is 5.81. The zero-order valence-electron chi connectivity index (χ0n) is 16.0. The number of amides is 1. The molecule has 0 atom stereocenters. The number of pyridine rings is 1. The molecule has 2 aromatic carbocycles. The van der Waals surface area contributed by atoms with Crippen LogP contribution in [0.25, 0.3) is 6.08 Å². The Labute approximate surface area is 175 Å².